The molecule has 0 aliphatic carbocycles. The van der Waals surface area contributed by atoms with Crippen LogP contribution >= 0.6 is 0 Å². The number of hydrogen-bond donors (Lipinski definition) is 1. The largest absolute Gasteiger partial charge is 0.507 e. The second kappa shape index (κ2) is 9.20. The molecule has 1 saturated heterocycles. The molecule has 1 aliphatic heterocycles. The monoisotopic (exact) mass is 443 g/mol. The van der Waals surface area contributed by atoms with Gasteiger partial charge in [-0.3, -0.25) is 14.5 Å². The van der Waals surface area contributed by atoms with Gasteiger partial charge in [-0.2, -0.15) is 0 Å². The Kier molecular flexibility index (Phi) is 6.18. The maximum atomic E-state index is 13.2. The van der Waals surface area contributed by atoms with Gasteiger partial charge < -0.3 is 14.6 Å². The van der Waals surface area contributed by atoms with Gasteiger partial charge in [-0.25, -0.2) is 0 Å². The number of benzene rings is 3. The van der Waals surface area contributed by atoms with Gasteiger partial charge in [0.15, 0.2) is 0 Å². The van der Waals surface area contributed by atoms with Crippen LogP contribution in [0.15, 0.2) is 78.4 Å². The SMILES string of the molecule is CCOc1ccc(/C(O)=C2\C(=O)C(=O)N(c3ccccc3C)C2c2ccc(OC)cc2)cc1. The molecule has 0 bridgehead atoms. The molecule has 1 aliphatic rings. The van der Waals surface area contributed by atoms with E-state index in [9.17, 15) is 14.7 Å². The molecule has 1 heterocycles. The van der Waals surface area contributed by atoms with Crippen molar-refractivity contribution in [3.63, 3.8) is 0 Å². The molecule has 6 nitrogen and oxygen atoms in total. The Hall–Kier alpha value is -4.06. The molecule has 6 heteroatoms. The summed E-state index contributed by atoms with van der Waals surface area (Å²) >= 11 is 0. The number of Topliss-reactive ketones (excluding diaryl/α,β-unsaturated/α-hetero) is 1. The lowest BCUT2D eigenvalue weighted by Crippen LogP contribution is -2.30. The predicted octanol–water partition coefficient (Wildman–Crippen LogP) is 5.03. The van der Waals surface area contributed by atoms with Crippen LogP contribution < -0.4 is 14.4 Å². The lowest BCUT2D eigenvalue weighted by atomic mass is 9.95. The van der Waals surface area contributed by atoms with Gasteiger partial charge in [0.25, 0.3) is 11.7 Å². The van der Waals surface area contributed by atoms with Gasteiger partial charge in [0, 0.05) is 11.3 Å². The molecule has 1 atom stereocenters. The Morgan fingerprint density at radius 3 is 2.18 bits per heavy atom. The van der Waals surface area contributed by atoms with Crippen LogP contribution in [0.1, 0.15) is 29.7 Å². The van der Waals surface area contributed by atoms with E-state index in [1.807, 2.05) is 32.0 Å². The fourth-order valence-electron chi connectivity index (χ4n) is 4.05. The minimum atomic E-state index is -0.788. The van der Waals surface area contributed by atoms with Crippen molar-refractivity contribution in [2.45, 2.75) is 19.9 Å². The van der Waals surface area contributed by atoms with E-state index in [0.717, 1.165) is 5.56 Å². The van der Waals surface area contributed by atoms with Gasteiger partial charge in [0.05, 0.1) is 25.3 Å². The van der Waals surface area contributed by atoms with Gasteiger partial charge in [-0.15, -0.1) is 0 Å². The summed E-state index contributed by atoms with van der Waals surface area (Å²) in [7, 11) is 1.57. The zero-order valence-electron chi connectivity index (χ0n) is 18.7. The summed E-state index contributed by atoms with van der Waals surface area (Å²) in [5.41, 5.74) is 2.62. The lowest BCUT2D eigenvalue weighted by Gasteiger charge is -2.27. The van der Waals surface area contributed by atoms with Crippen molar-refractivity contribution in [2.75, 3.05) is 18.6 Å². The first-order valence-corrected chi connectivity index (χ1v) is 10.7. The second-order valence-corrected chi connectivity index (χ2v) is 7.69. The first-order chi connectivity index (χ1) is 16.0. The third kappa shape index (κ3) is 4.07. The number of aryl methyl sites for hydroxylation is 1. The molecular formula is C27H25NO5. The number of ether oxygens (including phenoxy) is 2. The number of para-hydroxylation sites is 1. The molecule has 0 spiro atoms. The van der Waals surface area contributed by atoms with E-state index in [4.69, 9.17) is 9.47 Å². The average molecular weight is 443 g/mol. The van der Waals surface area contributed by atoms with Gasteiger partial charge in [-0.1, -0.05) is 30.3 Å². The van der Waals surface area contributed by atoms with Gasteiger partial charge >= 0.3 is 0 Å². The van der Waals surface area contributed by atoms with Crippen LogP contribution in [0.5, 0.6) is 11.5 Å². The Balaban J connectivity index is 1.89. The van der Waals surface area contributed by atoms with E-state index >= 15 is 0 Å². The highest BCUT2D eigenvalue weighted by atomic mass is 16.5. The third-order valence-electron chi connectivity index (χ3n) is 5.69. The number of amides is 1. The number of aliphatic hydroxyl groups is 1. The zero-order chi connectivity index (χ0) is 23.5. The fourth-order valence-corrected chi connectivity index (χ4v) is 4.05. The average Bonchev–Trinajstić information content (AvgIpc) is 3.10. The molecule has 1 fully saturated rings. The highest BCUT2D eigenvalue weighted by molar-refractivity contribution is 6.51. The molecule has 1 unspecified atom stereocenters. The van der Waals surface area contributed by atoms with Crippen LogP contribution in [0.25, 0.3) is 5.76 Å². The van der Waals surface area contributed by atoms with E-state index in [0.29, 0.717) is 34.9 Å². The molecule has 0 radical (unpaired) electrons. The second-order valence-electron chi connectivity index (χ2n) is 7.69. The van der Waals surface area contributed by atoms with Gasteiger partial charge in [0.2, 0.25) is 0 Å². The summed E-state index contributed by atoms with van der Waals surface area (Å²) in [4.78, 5) is 27.9. The van der Waals surface area contributed by atoms with Crippen LogP contribution in [-0.4, -0.2) is 30.5 Å². The van der Waals surface area contributed by atoms with Crippen LogP contribution in [0.4, 0.5) is 5.69 Å². The number of anilines is 1. The van der Waals surface area contributed by atoms with E-state index < -0.39 is 17.7 Å². The Morgan fingerprint density at radius 2 is 1.58 bits per heavy atom. The van der Waals surface area contributed by atoms with Gasteiger partial charge in [-0.05, 0) is 67.4 Å². The van der Waals surface area contributed by atoms with Crippen molar-refractivity contribution >= 4 is 23.1 Å². The van der Waals surface area contributed by atoms with Crippen molar-refractivity contribution in [2.24, 2.45) is 0 Å². The Morgan fingerprint density at radius 1 is 0.939 bits per heavy atom. The number of methoxy groups -OCH3 is 1. The van der Waals surface area contributed by atoms with Crippen molar-refractivity contribution in [3.05, 3.63) is 95.1 Å². The molecule has 0 saturated carbocycles. The topological polar surface area (TPSA) is 76.1 Å². The number of ketones is 1. The Labute approximate surface area is 192 Å². The molecule has 1 N–H and O–H groups in total. The van der Waals surface area contributed by atoms with E-state index in [-0.39, 0.29) is 11.3 Å². The molecule has 3 aromatic carbocycles. The first kappa shape index (κ1) is 22.1. The number of rotatable bonds is 6. The minimum absolute atomic E-state index is 0.0394. The maximum Gasteiger partial charge on any atom is 0.300 e. The number of carbonyl (C=O) groups excluding carboxylic acids is 2. The molecule has 1 amide bonds. The van der Waals surface area contributed by atoms with Crippen molar-refractivity contribution < 1.29 is 24.2 Å². The number of nitrogens with zero attached hydrogens (tertiary/aromatic N) is 1. The van der Waals surface area contributed by atoms with Gasteiger partial charge in [0.1, 0.15) is 17.3 Å². The van der Waals surface area contributed by atoms with Crippen LogP contribution in [0.3, 0.4) is 0 Å². The Bertz CT molecular complexity index is 1210. The molecular weight excluding hydrogens is 418 g/mol. The van der Waals surface area contributed by atoms with Crippen molar-refractivity contribution in [1.82, 2.24) is 0 Å². The highest BCUT2D eigenvalue weighted by Gasteiger charge is 2.47. The summed E-state index contributed by atoms with van der Waals surface area (Å²) in [6, 6.07) is 20.5. The molecule has 0 aromatic heterocycles. The van der Waals surface area contributed by atoms with Crippen LogP contribution in [0.2, 0.25) is 0 Å². The smallest absolute Gasteiger partial charge is 0.300 e. The normalized spacial score (nSPS) is 17.3. The minimum Gasteiger partial charge on any atom is -0.507 e. The molecule has 3 aromatic rings. The molecule has 33 heavy (non-hydrogen) atoms. The third-order valence-corrected chi connectivity index (χ3v) is 5.69. The zero-order valence-corrected chi connectivity index (χ0v) is 18.7. The lowest BCUT2D eigenvalue weighted by molar-refractivity contribution is -0.132. The quantitative estimate of drug-likeness (QED) is 0.329. The maximum absolute atomic E-state index is 13.2. The van der Waals surface area contributed by atoms with E-state index in [2.05, 4.69) is 0 Å². The number of carbonyl (C=O) groups is 2. The van der Waals surface area contributed by atoms with E-state index in [1.54, 1.807) is 61.7 Å². The number of aliphatic hydroxyl groups excluding tert-OH is 1. The fraction of sp³-hybridized carbons (Fsp3) is 0.185. The standard InChI is InChI=1S/C27H25NO5/c1-4-33-21-15-11-19(12-16-21)25(29)23-24(18-9-13-20(32-3)14-10-18)28(27(31)26(23)30)22-8-6-5-7-17(22)2/h5-16,24,29H,4H2,1-3H3/b25-23+. The van der Waals surface area contributed by atoms with E-state index in [1.165, 1.54) is 4.90 Å². The van der Waals surface area contributed by atoms with Crippen LogP contribution in [-0.2, 0) is 9.59 Å². The molecule has 4 rings (SSSR count). The summed E-state index contributed by atoms with van der Waals surface area (Å²) < 4.78 is 10.7. The van der Waals surface area contributed by atoms with Crippen molar-refractivity contribution in [3.8, 4) is 11.5 Å². The predicted molar refractivity (Wildman–Crippen MR) is 127 cm³/mol. The van der Waals surface area contributed by atoms with Crippen LogP contribution in [0, 0.1) is 6.92 Å². The number of hydrogen-bond acceptors (Lipinski definition) is 5. The highest BCUT2D eigenvalue weighted by Crippen LogP contribution is 2.43. The van der Waals surface area contributed by atoms with Crippen molar-refractivity contribution in [1.29, 1.82) is 0 Å². The molecule has 168 valence electrons. The summed E-state index contributed by atoms with van der Waals surface area (Å²) in [5.74, 6) is -0.337. The summed E-state index contributed by atoms with van der Waals surface area (Å²) in [6.45, 7) is 4.28. The summed E-state index contributed by atoms with van der Waals surface area (Å²) in [5, 5.41) is 11.2. The first-order valence-electron chi connectivity index (χ1n) is 10.7. The summed E-state index contributed by atoms with van der Waals surface area (Å²) in [6.07, 6.45) is 0.